The smallest absolute Gasteiger partial charge is 0.281 e. The maximum Gasteiger partial charge on any atom is 0.292 e. The number of aromatic nitrogens is 2. The third-order valence-electron chi connectivity index (χ3n) is 3.35. The Morgan fingerprint density at radius 2 is 2.33 bits per heavy atom. The zero-order valence-electron chi connectivity index (χ0n) is 11.0. The van der Waals surface area contributed by atoms with E-state index in [1.54, 1.807) is 12.1 Å². The third kappa shape index (κ3) is 2.87. The number of nitrogens with one attached hydrogen (secondary N) is 2. The van der Waals surface area contributed by atoms with Crippen LogP contribution >= 0.6 is 15.9 Å². The minimum absolute atomic E-state index is 0.289. The van der Waals surface area contributed by atoms with Gasteiger partial charge in [-0.3, -0.25) is 9.89 Å². The minimum atomic E-state index is -0.406. The van der Waals surface area contributed by atoms with Crippen LogP contribution in [0, 0.1) is 5.82 Å². The molecule has 0 atom stereocenters. The summed E-state index contributed by atoms with van der Waals surface area (Å²) in [6.07, 6.45) is 4.06. The standard InChI is InChI=1S/C14H12BrFN4O/c15-9-4-5-11(16)8(6-9)7-17-20-14(21)13-10-2-1-3-12(10)18-19-13/h4-7H,1-3H2,(H,18,19)(H,20,21). The van der Waals surface area contributed by atoms with Crippen molar-refractivity contribution in [3.05, 3.63) is 51.0 Å². The van der Waals surface area contributed by atoms with Crippen LogP contribution in [0.1, 0.15) is 33.7 Å². The highest BCUT2D eigenvalue weighted by atomic mass is 79.9. The number of carbonyl (C=O) groups excluding carboxylic acids is 1. The molecule has 0 radical (unpaired) electrons. The summed E-state index contributed by atoms with van der Waals surface area (Å²) < 4.78 is 14.2. The molecule has 2 N–H and O–H groups in total. The summed E-state index contributed by atoms with van der Waals surface area (Å²) in [5, 5.41) is 10.7. The Labute approximate surface area is 128 Å². The number of aryl methyl sites for hydroxylation is 1. The van der Waals surface area contributed by atoms with Gasteiger partial charge in [-0.25, -0.2) is 9.82 Å². The first kappa shape index (κ1) is 13.9. The van der Waals surface area contributed by atoms with Crippen LogP contribution in [0.3, 0.4) is 0 Å². The maximum absolute atomic E-state index is 13.5. The van der Waals surface area contributed by atoms with Gasteiger partial charge in [-0.1, -0.05) is 15.9 Å². The first-order valence-electron chi connectivity index (χ1n) is 6.49. The number of H-pyrrole nitrogens is 1. The van der Waals surface area contributed by atoms with Crippen LogP contribution in [0.15, 0.2) is 27.8 Å². The van der Waals surface area contributed by atoms with Crippen molar-refractivity contribution in [3.63, 3.8) is 0 Å². The molecule has 7 heteroatoms. The van der Waals surface area contributed by atoms with E-state index >= 15 is 0 Å². The average molecular weight is 351 g/mol. The third-order valence-corrected chi connectivity index (χ3v) is 3.84. The molecule has 21 heavy (non-hydrogen) atoms. The monoisotopic (exact) mass is 350 g/mol. The number of benzene rings is 1. The molecular formula is C14H12BrFN4O. The van der Waals surface area contributed by atoms with E-state index in [9.17, 15) is 9.18 Å². The van der Waals surface area contributed by atoms with E-state index < -0.39 is 5.82 Å². The molecule has 0 saturated heterocycles. The zero-order chi connectivity index (χ0) is 14.8. The number of carbonyl (C=O) groups is 1. The van der Waals surface area contributed by atoms with Crippen LogP contribution in [0.25, 0.3) is 0 Å². The lowest BCUT2D eigenvalue weighted by molar-refractivity contribution is 0.0949. The molecule has 0 unspecified atom stereocenters. The maximum atomic E-state index is 13.5. The number of hydrogen-bond donors (Lipinski definition) is 2. The summed E-state index contributed by atoms with van der Waals surface area (Å²) >= 11 is 3.25. The lowest BCUT2D eigenvalue weighted by atomic mass is 10.2. The Bertz CT molecular complexity index is 726. The van der Waals surface area contributed by atoms with E-state index in [0.717, 1.165) is 35.0 Å². The van der Waals surface area contributed by atoms with E-state index in [2.05, 4.69) is 36.7 Å². The number of aromatic amines is 1. The second-order valence-corrected chi connectivity index (χ2v) is 5.66. The minimum Gasteiger partial charge on any atom is -0.281 e. The summed E-state index contributed by atoms with van der Waals surface area (Å²) in [5.41, 5.74) is 5.01. The Balaban J connectivity index is 1.71. The van der Waals surface area contributed by atoms with Crippen molar-refractivity contribution in [1.29, 1.82) is 0 Å². The van der Waals surface area contributed by atoms with E-state index in [1.807, 2.05) is 0 Å². The molecule has 2 aromatic rings. The van der Waals surface area contributed by atoms with Crippen LogP contribution < -0.4 is 5.43 Å². The molecule has 1 heterocycles. The van der Waals surface area contributed by atoms with Crippen molar-refractivity contribution in [2.45, 2.75) is 19.3 Å². The molecule has 3 rings (SSSR count). The lowest BCUT2D eigenvalue weighted by Crippen LogP contribution is -2.19. The van der Waals surface area contributed by atoms with Gasteiger partial charge in [0, 0.05) is 21.3 Å². The zero-order valence-corrected chi connectivity index (χ0v) is 12.6. The predicted octanol–water partition coefficient (Wildman–Crippen LogP) is 2.56. The van der Waals surface area contributed by atoms with Crippen molar-refractivity contribution < 1.29 is 9.18 Å². The van der Waals surface area contributed by atoms with Crippen molar-refractivity contribution in [2.24, 2.45) is 5.10 Å². The predicted molar refractivity (Wildman–Crippen MR) is 79.8 cm³/mol. The van der Waals surface area contributed by atoms with Crippen LogP contribution in [0.4, 0.5) is 4.39 Å². The van der Waals surface area contributed by atoms with Gasteiger partial charge < -0.3 is 0 Å². The molecule has 1 amide bonds. The average Bonchev–Trinajstić information content (AvgIpc) is 3.05. The summed E-state index contributed by atoms with van der Waals surface area (Å²) in [6.45, 7) is 0. The molecule has 0 bridgehead atoms. The van der Waals surface area contributed by atoms with Gasteiger partial charge >= 0.3 is 0 Å². The van der Waals surface area contributed by atoms with Gasteiger partial charge in [0.25, 0.3) is 5.91 Å². The summed E-state index contributed by atoms with van der Waals surface area (Å²) in [7, 11) is 0. The summed E-state index contributed by atoms with van der Waals surface area (Å²) in [5.74, 6) is -0.794. The number of nitrogens with zero attached hydrogens (tertiary/aromatic N) is 2. The fourth-order valence-corrected chi connectivity index (χ4v) is 2.71. The second-order valence-electron chi connectivity index (χ2n) is 4.75. The van der Waals surface area contributed by atoms with Gasteiger partial charge in [-0.15, -0.1) is 0 Å². The molecule has 0 fully saturated rings. The van der Waals surface area contributed by atoms with Gasteiger partial charge in [0.1, 0.15) is 5.82 Å². The van der Waals surface area contributed by atoms with Crippen LogP contribution in [0.2, 0.25) is 0 Å². The molecular weight excluding hydrogens is 339 g/mol. The Kier molecular flexibility index (Phi) is 3.83. The molecule has 1 aromatic heterocycles. The number of fused-ring (bicyclic) bond motifs is 1. The Morgan fingerprint density at radius 1 is 1.48 bits per heavy atom. The van der Waals surface area contributed by atoms with Crippen LogP contribution in [0.5, 0.6) is 0 Å². The quantitative estimate of drug-likeness (QED) is 0.659. The Morgan fingerprint density at radius 3 is 3.19 bits per heavy atom. The van der Waals surface area contributed by atoms with Crippen molar-refractivity contribution >= 4 is 28.1 Å². The number of rotatable bonds is 3. The molecule has 1 aromatic carbocycles. The lowest BCUT2D eigenvalue weighted by Gasteiger charge is -1.99. The van der Waals surface area contributed by atoms with Crippen LogP contribution in [-0.2, 0) is 12.8 Å². The van der Waals surface area contributed by atoms with Crippen molar-refractivity contribution in [2.75, 3.05) is 0 Å². The fourth-order valence-electron chi connectivity index (χ4n) is 2.33. The van der Waals surface area contributed by atoms with Crippen molar-refractivity contribution in [3.8, 4) is 0 Å². The van der Waals surface area contributed by atoms with Gasteiger partial charge in [0.15, 0.2) is 5.69 Å². The molecule has 1 aliphatic carbocycles. The first-order valence-corrected chi connectivity index (χ1v) is 7.29. The SMILES string of the molecule is O=C(NN=Cc1cc(Br)ccc1F)c1n[nH]c2c1CCC2. The Hall–Kier alpha value is -2.02. The first-order chi connectivity index (χ1) is 10.1. The van der Waals surface area contributed by atoms with E-state index in [0.29, 0.717) is 5.69 Å². The fraction of sp³-hybridized carbons (Fsp3) is 0.214. The van der Waals surface area contributed by atoms with E-state index in [4.69, 9.17) is 0 Å². The highest BCUT2D eigenvalue weighted by molar-refractivity contribution is 9.10. The number of halogens is 2. The molecule has 0 spiro atoms. The van der Waals surface area contributed by atoms with Crippen LogP contribution in [-0.4, -0.2) is 22.3 Å². The number of hydrazone groups is 1. The number of hydrogen-bond acceptors (Lipinski definition) is 3. The largest absolute Gasteiger partial charge is 0.292 e. The van der Waals surface area contributed by atoms with Gasteiger partial charge in [0.05, 0.1) is 6.21 Å². The molecule has 5 nitrogen and oxygen atoms in total. The van der Waals surface area contributed by atoms with Gasteiger partial charge in [0.2, 0.25) is 0 Å². The highest BCUT2D eigenvalue weighted by Crippen LogP contribution is 2.22. The summed E-state index contributed by atoms with van der Waals surface area (Å²) in [6, 6.07) is 4.50. The molecule has 1 aliphatic rings. The number of amides is 1. The van der Waals surface area contributed by atoms with E-state index in [1.165, 1.54) is 12.3 Å². The molecule has 0 aliphatic heterocycles. The van der Waals surface area contributed by atoms with Crippen molar-refractivity contribution in [1.82, 2.24) is 15.6 Å². The molecule has 108 valence electrons. The van der Waals surface area contributed by atoms with Gasteiger partial charge in [-0.05, 0) is 37.5 Å². The second kappa shape index (κ2) is 5.77. The highest BCUT2D eigenvalue weighted by Gasteiger charge is 2.22. The van der Waals surface area contributed by atoms with Gasteiger partial charge in [-0.2, -0.15) is 10.2 Å². The molecule has 0 saturated carbocycles. The van der Waals surface area contributed by atoms with E-state index in [-0.39, 0.29) is 11.5 Å². The summed E-state index contributed by atoms with van der Waals surface area (Å²) in [4.78, 5) is 12.0. The topological polar surface area (TPSA) is 70.1 Å². The normalized spacial score (nSPS) is 13.6.